The summed E-state index contributed by atoms with van der Waals surface area (Å²) in [5.41, 5.74) is 1.71. The average molecular weight is 395 g/mol. The van der Waals surface area contributed by atoms with Gasteiger partial charge in [0.1, 0.15) is 17.2 Å². The number of halogens is 3. The lowest BCUT2D eigenvalue weighted by Gasteiger charge is -2.11. The number of hydrogen-bond donors (Lipinski definition) is 2. The van der Waals surface area contributed by atoms with Crippen LogP contribution in [0.3, 0.4) is 0 Å². The van der Waals surface area contributed by atoms with E-state index in [1.165, 1.54) is 20.3 Å². The van der Waals surface area contributed by atoms with Crippen molar-refractivity contribution in [1.82, 2.24) is 4.98 Å². The number of ether oxygens (including phenoxy) is 3. The van der Waals surface area contributed by atoms with E-state index in [2.05, 4.69) is 9.72 Å². The highest BCUT2D eigenvalue weighted by Gasteiger charge is 2.31. The Labute approximate surface area is 157 Å². The molecule has 2 aromatic carbocycles. The van der Waals surface area contributed by atoms with Gasteiger partial charge in [0.25, 0.3) is 0 Å². The maximum Gasteiger partial charge on any atom is 0.573 e. The van der Waals surface area contributed by atoms with Crippen molar-refractivity contribution in [2.24, 2.45) is 0 Å². The minimum atomic E-state index is -4.85. The number of H-pyrrole nitrogens is 1. The van der Waals surface area contributed by atoms with E-state index in [1.807, 2.05) is 0 Å². The largest absolute Gasteiger partial charge is 0.573 e. The summed E-state index contributed by atoms with van der Waals surface area (Å²) in [6, 6.07) is 8.71. The van der Waals surface area contributed by atoms with Crippen molar-refractivity contribution < 1.29 is 37.3 Å². The molecule has 3 rings (SSSR count). The number of carboxylic acid groups (broad SMARTS) is 1. The van der Waals surface area contributed by atoms with E-state index >= 15 is 0 Å². The van der Waals surface area contributed by atoms with Crippen LogP contribution in [-0.2, 0) is 11.2 Å². The van der Waals surface area contributed by atoms with Crippen molar-refractivity contribution in [1.29, 1.82) is 0 Å². The van der Waals surface area contributed by atoms with Gasteiger partial charge in [0, 0.05) is 16.5 Å². The summed E-state index contributed by atoms with van der Waals surface area (Å²) in [7, 11) is 2.94. The molecule has 0 saturated carbocycles. The summed E-state index contributed by atoms with van der Waals surface area (Å²) in [6.07, 6.45) is -5.26. The van der Waals surface area contributed by atoms with Gasteiger partial charge in [0.05, 0.1) is 26.3 Å². The van der Waals surface area contributed by atoms with E-state index in [0.29, 0.717) is 39.2 Å². The molecule has 0 amide bonds. The number of aliphatic carboxylic acids is 1. The lowest BCUT2D eigenvalue weighted by atomic mass is 10.0. The average Bonchev–Trinajstić information content (AvgIpc) is 2.97. The summed E-state index contributed by atoms with van der Waals surface area (Å²) >= 11 is 0. The highest BCUT2D eigenvalue weighted by molar-refractivity contribution is 5.95. The number of benzene rings is 2. The van der Waals surface area contributed by atoms with Gasteiger partial charge in [-0.1, -0.05) is 0 Å². The lowest BCUT2D eigenvalue weighted by molar-refractivity contribution is -0.274. The van der Waals surface area contributed by atoms with Gasteiger partial charge in [0.2, 0.25) is 0 Å². The Bertz CT molecular complexity index is 1030. The fraction of sp³-hybridized carbons (Fsp3) is 0.211. The molecule has 6 nitrogen and oxygen atoms in total. The van der Waals surface area contributed by atoms with Gasteiger partial charge < -0.3 is 24.3 Å². The van der Waals surface area contributed by atoms with Gasteiger partial charge in [-0.25, -0.2) is 0 Å². The van der Waals surface area contributed by atoms with Crippen molar-refractivity contribution >= 4 is 16.9 Å². The SMILES string of the molecule is COc1ccc(OC)c(-c2[nH]c3ccc(OC(F)(F)F)cc3c2CC(=O)O)c1. The Morgan fingerprint density at radius 1 is 1.07 bits per heavy atom. The second-order valence-electron chi connectivity index (χ2n) is 5.87. The van der Waals surface area contributed by atoms with Crippen LogP contribution in [0.2, 0.25) is 0 Å². The number of rotatable bonds is 6. The first-order chi connectivity index (χ1) is 13.2. The van der Waals surface area contributed by atoms with Gasteiger partial charge in [-0.15, -0.1) is 13.2 Å². The molecule has 0 radical (unpaired) electrons. The van der Waals surface area contributed by atoms with E-state index in [-0.39, 0.29) is 0 Å². The van der Waals surface area contributed by atoms with E-state index in [0.717, 1.165) is 12.1 Å². The van der Waals surface area contributed by atoms with Crippen LogP contribution in [0, 0.1) is 0 Å². The van der Waals surface area contributed by atoms with Crippen LogP contribution in [0.1, 0.15) is 5.56 Å². The molecule has 28 heavy (non-hydrogen) atoms. The van der Waals surface area contributed by atoms with Crippen LogP contribution in [0.15, 0.2) is 36.4 Å². The molecule has 0 saturated heterocycles. The minimum absolute atomic E-state index is 0.307. The zero-order valence-corrected chi connectivity index (χ0v) is 14.9. The maximum absolute atomic E-state index is 12.5. The maximum atomic E-state index is 12.5. The summed E-state index contributed by atoms with van der Waals surface area (Å²) in [4.78, 5) is 14.5. The molecule has 0 fully saturated rings. The molecule has 3 aromatic rings. The molecule has 2 N–H and O–H groups in total. The quantitative estimate of drug-likeness (QED) is 0.648. The molecular weight excluding hydrogens is 379 g/mol. The molecule has 0 aliphatic heterocycles. The summed E-state index contributed by atoms with van der Waals surface area (Å²) in [6.45, 7) is 0. The smallest absolute Gasteiger partial charge is 0.497 e. The minimum Gasteiger partial charge on any atom is -0.497 e. The summed E-state index contributed by atoms with van der Waals surface area (Å²) in [5.74, 6) is -0.608. The standard InChI is InChI=1S/C19H16F3NO5/c1-26-10-4-6-16(27-2)14(7-10)18-13(9-17(24)25)12-8-11(28-19(20,21)22)3-5-15(12)23-18/h3-8,23H,9H2,1-2H3,(H,24,25). The van der Waals surface area contributed by atoms with Gasteiger partial charge in [-0.3, -0.25) is 4.79 Å². The lowest BCUT2D eigenvalue weighted by Crippen LogP contribution is -2.17. The second kappa shape index (κ2) is 7.34. The van der Waals surface area contributed by atoms with Crippen LogP contribution < -0.4 is 14.2 Å². The fourth-order valence-electron chi connectivity index (χ4n) is 3.00. The van der Waals surface area contributed by atoms with Crippen LogP contribution in [0.5, 0.6) is 17.2 Å². The fourth-order valence-corrected chi connectivity index (χ4v) is 3.00. The van der Waals surface area contributed by atoms with Gasteiger partial charge in [-0.05, 0) is 42.0 Å². The Morgan fingerprint density at radius 2 is 1.79 bits per heavy atom. The first-order valence-corrected chi connectivity index (χ1v) is 8.06. The highest BCUT2D eigenvalue weighted by Crippen LogP contribution is 2.39. The van der Waals surface area contributed by atoms with Gasteiger partial charge in [0.15, 0.2) is 0 Å². The number of methoxy groups -OCH3 is 2. The molecular formula is C19H16F3NO5. The zero-order chi connectivity index (χ0) is 20.5. The Hall–Kier alpha value is -3.36. The number of carbonyl (C=O) groups is 1. The van der Waals surface area contributed by atoms with Crippen molar-refractivity contribution in [2.45, 2.75) is 12.8 Å². The summed E-state index contributed by atoms with van der Waals surface area (Å²) < 4.78 is 52.2. The second-order valence-corrected chi connectivity index (χ2v) is 5.87. The van der Waals surface area contributed by atoms with Gasteiger partial charge >= 0.3 is 12.3 Å². The third-order valence-electron chi connectivity index (χ3n) is 4.12. The number of aromatic amines is 1. The normalized spacial score (nSPS) is 11.5. The van der Waals surface area contributed by atoms with Gasteiger partial charge in [-0.2, -0.15) is 0 Å². The van der Waals surface area contributed by atoms with Crippen molar-refractivity contribution in [3.8, 4) is 28.5 Å². The van der Waals surface area contributed by atoms with E-state index in [9.17, 15) is 23.1 Å². The first kappa shape index (κ1) is 19.4. The van der Waals surface area contributed by atoms with Crippen LogP contribution in [-0.4, -0.2) is 36.6 Å². The van der Waals surface area contributed by atoms with E-state index in [1.54, 1.807) is 18.2 Å². The number of alkyl halides is 3. The van der Waals surface area contributed by atoms with Crippen molar-refractivity contribution in [3.63, 3.8) is 0 Å². The van der Waals surface area contributed by atoms with Crippen LogP contribution >= 0.6 is 0 Å². The molecule has 0 bridgehead atoms. The first-order valence-electron chi connectivity index (χ1n) is 8.06. The number of nitrogens with one attached hydrogen (secondary N) is 1. The number of aromatic nitrogens is 1. The molecule has 148 valence electrons. The Morgan fingerprint density at radius 3 is 2.39 bits per heavy atom. The molecule has 9 heteroatoms. The predicted molar refractivity (Wildman–Crippen MR) is 94.9 cm³/mol. The Balaban J connectivity index is 2.24. The topological polar surface area (TPSA) is 80.8 Å². The zero-order valence-electron chi connectivity index (χ0n) is 14.9. The molecule has 1 heterocycles. The molecule has 1 aromatic heterocycles. The monoisotopic (exact) mass is 395 g/mol. The molecule has 0 aliphatic carbocycles. The van der Waals surface area contributed by atoms with E-state index in [4.69, 9.17) is 9.47 Å². The number of carboxylic acids is 1. The predicted octanol–water partition coefficient (Wildman–Crippen LogP) is 4.38. The summed E-state index contributed by atoms with van der Waals surface area (Å²) in [5, 5.41) is 9.63. The Kier molecular flexibility index (Phi) is 5.08. The third-order valence-corrected chi connectivity index (χ3v) is 4.12. The number of hydrogen-bond acceptors (Lipinski definition) is 4. The third kappa shape index (κ3) is 3.98. The molecule has 0 aliphatic rings. The van der Waals surface area contributed by atoms with Crippen LogP contribution in [0.4, 0.5) is 13.2 Å². The molecule has 0 unspecified atom stereocenters. The molecule has 0 spiro atoms. The van der Waals surface area contributed by atoms with E-state index < -0.39 is 24.5 Å². The van der Waals surface area contributed by atoms with Crippen molar-refractivity contribution in [2.75, 3.05) is 14.2 Å². The number of fused-ring (bicyclic) bond motifs is 1. The molecule has 0 atom stereocenters. The van der Waals surface area contributed by atoms with Crippen molar-refractivity contribution in [3.05, 3.63) is 42.0 Å². The van der Waals surface area contributed by atoms with Crippen LogP contribution in [0.25, 0.3) is 22.2 Å². The highest BCUT2D eigenvalue weighted by atomic mass is 19.4.